The molecular weight excluding hydrogens is 186 g/mol. The summed E-state index contributed by atoms with van der Waals surface area (Å²) in [5.41, 5.74) is 7.82. The SMILES string of the molecule is Cc1cccc([C@H](N)CCC(C)C)c1O. The molecule has 1 aromatic rings. The summed E-state index contributed by atoms with van der Waals surface area (Å²) in [6.07, 6.45) is 2.02. The number of phenolic OH excluding ortho intramolecular Hbond substituents is 1. The summed E-state index contributed by atoms with van der Waals surface area (Å²) in [5.74, 6) is 1.01. The molecular formula is C13H21NO. The summed E-state index contributed by atoms with van der Waals surface area (Å²) >= 11 is 0. The Labute approximate surface area is 92.1 Å². The highest BCUT2D eigenvalue weighted by Gasteiger charge is 2.12. The normalized spacial score (nSPS) is 13.1. The Morgan fingerprint density at radius 1 is 1.27 bits per heavy atom. The molecule has 0 amide bonds. The van der Waals surface area contributed by atoms with Gasteiger partial charge in [-0.15, -0.1) is 0 Å². The zero-order valence-electron chi connectivity index (χ0n) is 9.83. The summed E-state index contributed by atoms with van der Waals surface area (Å²) < 4.78 is 0. The lowest BCUT2D eigenvalue weighted by molar-refractivity contribution is 0.445. The molecule has 0 aromatic heterocycles. The number of aromatic hydroxyl groups is 1. The van der Waals surface area contributed by atoms with E-state index in [0.29, 0.717) is 11.7 Å². The minimum absolute atomic E-state index is 0.0488. The van der Waals surface area contributed by atoms with Crippen LogP contribution in [-0.2, 0) is 0 Å². The minimum Gasteiger partial charge on any atom is -0.507 e. The van der Waals surface area contributed by atoms with Gasteiger partial charge >= 0.3 is 0 Å². The first-order valence-corrected chi connectivity index (χ1v) is 5.56. The van der Waals surface area contributed by atoms with Crippen LogP contribution in [-0.4, -0.2) is 5.11 Å². The van der Waals surface area contributed by atoms with Crippen LogP contribution in [0.4, 0.5) is 0 Å². The number of para-hydroxylation sites is 1. The van der Waals surface area contributed by atoms with E-state index in [2.05, 4.69) is 13.8 Å². The highest BCUT2D eigenvalue weighted by molar-refractivity contribution is 5.41. The molecule has 1 aromatic carbocycles. The molecule has 1 atom stereocenters. The molecule has 0 saturated heterocycles. The predicted molar refractivity (Wildman–Crippen MR) is 63.8 cm³/mol. The van der Waals surface area contributed by atoms with Crippen molar-refractivity contribution >= 4 is 0 Å². The average Bonchev–Trinajstić information content (AvgIpc) is 2.18. The Hall–Kier alpha value is -1.02. The van der Waals surface area contributed by atoms with Gasteiger partial charge in [-0.05, 0) is 31.2 Å². The summed E-state index contributed by atoms with van der Waals surface area (Å²) in [6, 6.07) is 5.70. The van der Waals surface area contributed by atoms with Crippen molar-refractivity contribution < 1.29 is 5.11 Å². The van der Waals surface area contributed by atoms with Crippen molar-refractivity contribution in [1.82, 2.24) is 0 Å². The molecule has 0 aliphatic carbocycles. The lowest BCUT2D eigenvalue weighted by Gasteiger charge is -2.15. The maximum absolute atomic E-state index is 9.85. The van der Waals surface area contributed by atoms with Gasteiger partial charge in [-0.3, -0.25) is 0 Å². The molecule has 0 fully saturated rings. The van der Waals surface area contributed by atoms with Gasteiger partial charge in [0.05, 0.1) is 0 Å². The fourth-order valence-corrected chi connectivity index (χ4v) is 1.65. The largest absolute Gasteiger partial charge is 0.507 e. The molecule has 0 aliphatic rings. The van der Waals surface area contributed by atoms with Crippen molar-refractivity contribution in [2.45, 2.75) is 39.7 Å². The van der Waals surface area contributed by atoms with Gasteiger partial charge in [0.25, 0.3) is 0 Å². The molecule has 2 heteroatoms. The first kappa shape index (κ1) is 12.1. The zero-order chi connectivity index (χ0) is 11.4. The van der Waals surface area contributed by atoms with Gasteiger partial charge in [-0.25, -0.2) is 0 Å². The second-order valence-electron chi connectivity index (χ2n) is 4.59. The lowest BCUT2D eigenvalue weighted by Crippen LogP contribution is -2.11. The van der Waals surface area contributed by atoms with Crippen LogP contribution in [0.15, 0.2) is 18.2 Å². The molecule has 0 saturated carbocycles. The molecule has 2 nitrogen and oxygen atoms in total. The molecule has 0 spiro atoms. The Balaban J connectivity index is 2.73. The Morgan fingerprint density at radius 3 is 2.53 bits per heavy atom. The van der Waals surface area contributed by atoms with E-state index in [4.69, 9.17) is 5.73 Å². The van der Waals surface area contributed by atoms with E-state index in [0.717, 1.165) is 24.0 Å². The molecule has 15 heavy (non-hydrogen) atoms. The monoisotopic (exact) mass is 207 g/mol. The van der Waals surface area contributed by atoms with Crippen LogP contribution in [0.2, 0.25) is 0 Å². The van der Waals surface area contributed by atoms with E-state index >= 15 is 0 Å². The Kier molecular flexibility index (Phi) is 4.15. The lowest BCUT2D eigenvalue weighted by atomic mass is 9.96. The quantitative estimate of drug-likeness (QED) is 0.796. The minimum atomic E-state index is -0.0488. The molecule has 0 unspecified atom stereocenters. The van der Waals surface area contributed by atoms with E-state index in [1.807, 2.05) is 25.1 Å². The smallest absolute Gasteiger partial charge is 0.123 e. The van der Waals surface area contributed by atoms with Gasteiger partial charge in [0.1, 0.15) is 5.75 Å². The van der Waals surface area contributed by atoms with E-state index in [9.17, 15) is 5.11 Å². The van der Waals surface area contributed by atoms with E-state index < -0.39 is 0 Å². The third kappa shape index (κ3) is 3.24. The highest BCUT2D eigenvalue weighted by atomic mass is 16.3. The van der Waals surface area contributed by atoms with Crippen molar-refractivity contribution in [3.8, 4) is 5.75 Å². The predicted octanol–water partition coefficient (Wildman–Crippen LogP) is 3.14. The number of rotatable bonds is 4. The molecule has 0 aliphatic heterocycles. The van der Waals surface area contributed by atoms with Crippen LogP contribution in [0.25, 0.3) is 0 Å². The summed E-state index contributed by atoms with van der Waals surface area (Å²) in [4.78, 5) is 0. The van der Waals surface area contributed by atoms with Crippen molar-refractivity contribution in [1.29, 1.82) is 0 Å². The van der Waals surface area contributed by atoms with Crippen LogP contribution in [0.3, 0.4) is 0 Å². The van der Waals surface area contributed by atoms with Crippen LogP contribution >= 0.6 is 0 Å². The van der Waals surface area contributed by atoms with Gasteiger partial charge in [0.2, 0.25) is 0 Å². The molecule has 84 valence electrons. The zero-order valence-corrected chi connectivity index (χ0v) is 9.83. The molecule has 0 heterocycles. The van der Waals surface area contributed by atoms with Gasteiger partial charge in [0, 0.05) is 11.6 Å². The number of phenols is 1. The highest BCUT2D eigenvalue weighted by Crippen LogP contribution is 2.29. The van der Waals surface area contributed by atoms with E-state index in [-0.39, 0.29) is 6.04 Å². The van der Waals surface area contributed by atoms with Crippen molar-refractivity contribution in [2.75, 3.05) is 0 Å². The van der Waals surface area contributed by atoms with Gasteiger partial charge < -0.3 is 10.8 Å². The number of benzene rings is 1. The van der Waals surface area contributed by atoms with E-state index in [1.54, 1.807) is 0 Å². The number of hydrogen-bond acceptors (Lipinski definition) is 2. The standard InChI is InChI=1S/C13H21NO/c1-9(2)7-8-12(14)11-6-4-5-10(3)13(11)15/h4-6,9,12,15H,7-8,14H2,1-3H3/t12-/m1/s1. The Morgan fingerprint density at radius 2 is 1.93 bits per heavy atom. The van der Waals surface area contributed by atoms with Crippen molar-refractivity contribution in [3.63, 3.8) is 0 Å². The third-order valence-electron chi connectivity index (χ3n) is 2.72. The summed E-state index contributed by atoms with van der Waals surface area (Å²) in [6.45, 7) is 6.26. The fraction of sp³-hybridized carbons (Fsp3) is 0.538. The summed E-state index contributed by atoms with van der Waals surface area (Å²) in [5, 5.41) is 9.85. The van der Waals surface area contributed by atoms with Gasteiger partial charge in [0.15, 0.2) is 0 Å². The first-order chi connectivity index (χ1) is 7.02. The molecule has 0 radical (unpaired) electrons. The molecule has 3 N–H and O–H groups in total. The topological polar surface area (TPSA) is 46.2 Å². The first-order valence-electron chi connectivity index (χ1n) is 5.56. The number of aryl methyl sites for hydroxylation is 1. The number of hydrogen-bond donors (Lipinski definition) is 2. The molecule has 0 bridgehead atoms. The van der Waals surface area contributed by atoms with Crippen molar-refractivity contribution in [3.05, 3.63) is 29.3 Å². The maximum atomic E-state index is 9.85. The van der Waals surface area contributed by atoms with Crippen LogP contribution in [0, 0.1) is 12.8 Å². The second kappa shape index (κ2) is 5.17. The summed E-state index contributed by atoms with van der Waals surface area (Å²) in [7, 11) is 0. The average molecular weight is 207 g/mol. The fourth-order valence-electron chi connectivity index (χ4n) is 1.65. The Bertz CT molecular complexity index is 320. The van der Waals surface area contributed by atoms with Crippen LogP contribution in [0.5, 0.6) is 5.75 Å². The van der Waals surface area contributed by atoms with Crippen molar-refractivity contribution in [2.24, 2.45) is 11.7 Å². The second-order valence-corrected chi connectivity index (χ2v) is 4.59. The maximum Gasteiger partial charge on any atom is 0.123 e. The third-order valence-corrected chi connectivity index (χ3v) is 2.72. The van der Waals surface area contributed by atoms with E-state index in [1.165, 1.54) is 0 Å². The molecule has 1 rings (SSSR count). The van der Waals surface area contributed by atoms with Gasteiger partial charge in [-0.2, -0.15) is 0 Å². The number of nitrogens with two attached hydrogens (primary N) is 1. The van der Waals surface area contributed by atoms with Crippen LogP contribution < -0.4 is 5.73 Å². The van der Waals surface area contributed by atoms with Crippen LogP contribution in [0.1, 0.15) is 43.9 Å². The van der Waals surface area contributed by atoms with Gasteiger partial charge in [-0.1, -0.05) is 32.0 Å².